The van der Waals surface area contributed by atoms with Gasteiger partial charge in [0.2, 0.25) is 5.91 Å². The van der Waals surface area contributed by atoms with E-state index in [0.717, 1.165) is 5.71 Å². The smallest absolute Gasteiger partial charge is 0.243 e. The second-order valence-electron chi connectivity index (χ2n) is 2.81. The molecule has 3 nitrogen and oxygen atoms in total. The van der Waals surface area contributed by atoms with Gasteiger partial charge < -0.3 is 0 Å². The maximum atomic E-state index is 10.9. The number of hydrazone groups is 1. The van der Waals surface area contributed by atoms with Crippen molar-refractivity contribution in [3.05, 3.63) is 0 Å². The predicted octanol–water partition coefficient (Wildman–Crippen LogP) is 0.764. The van der Waals surface area contributed by atoms with Crippen molar-refractivity contribution in [3.8, 4) is 0 Å². The lowest BCUT2D eigenvalue weighted by molar-refractivity contribution is -0.125. The molecule has 0 aromatic rings. The Hall–Kier alpha value is -0.860. The highest BCUT2D eigenvalue weighted by atomic mass is 16.2. The Balaban J connectivity index is 2.80. The molecule has 56 valence electrons. The SMILES string of the molecule is CC1=NNC(=O)C(C)C1C. The van der Waals surface area contributed by atoms with E-state index in [1.165, 1.54) is 0 Å². The third kappa shape index (κ3) is 1.03. The first-order valence-corrected chi connectivity index (χ1v) is 3.47. The Morgan fingerprint density at radius 2 is 2.00 bits per heavy atom. The van der Waals surface area contributed by atoms with Gasteiger partial charge in [0, 0.05) is 17.5 Å². The van der Waals surface area contributed by atoms with E-state index >= 15 is 0 Å². The summed E-state index contributed by atoms with van der Waals surface area (Å²) in [6.07, 6.45) is 0. The van der Waals surface area contributed by atoms with Crippen LogP contribution in [0.2, 0.25) is 0 Å². The van der Waals surface area contributed by atoms with Gasteiger partial charge in [-0.3, -0.25) is 4.79 Å². The fraction of sp³-hybridized carbons (Fsp3) is 0.714. The Kier molecular flexibility index (Phi) is 1.74. The minimum Gasteiger partial charge on any atom is -0.273 e. The molecule has 3 heteroatoms. The number of hydrogen-bond acceptors (Lipinski definition) is 2. The number of hydrogen-bond donors (Lipinski definition) is 1. The van der Waals surface area contributed by atoms with E-state index in [-0.39, 0.29) is 17.7 Å². The molecule has 1 amide bonds. The zero-order valence-corrected chi connectivity index (χ0v) is 6.51. The average molecular weight is 140 g/mol. The van der Waals surface area contributed by atoms with E-state index < -0.39 is 0 Å². The number of amides is 1. The third-order valence-corrected chi connectivity index (χ3v) is 2.16. The van der Waals surface area contributed by atoms with Gasteiger partial charge in [-0.05, 0) is 6.92 Å². The van der Waals surface area contributed by atoms with Crippen molar-refractivity contribution in [3.63, 3.8) is 0 Å². The molecule has 0 aromatic carbocycles. The number of carbonyl (C=O) groups excluding carboxylic acids is 1. The standard InChI is InChI=1S/C7H12N2O/c1-4-5(2)7(10)9-8-6(4)3/h4-5H,1-3H3,(H,9,10). The molecule has 0 bridgehead atoms. The molecule has 0 saturated carbocycles. The zero-order valence-electron chi connectivity index (χ0n) is 6.51. The molecule has 0 aliphatic carbocycles. The van der Waals surface area contributed by atoms with Crippen LogP contribution in [0.1, 0.15) is 20.8 Å². The van der Waals surface area contributed by atoms with Crippen molar-refractivity contribution in [2.75, 3.05) is 0 Å². The lowest BCUT2D eigenvalue weighted by atomic mass is 9.90. The number of carbonyl (C=O) groups is 1. The highest BCUT2D eigenvalue weighted by Crippen LogP contribution is 2.15. The topological polar surface area (TPSA) is 41.5 Å². The van der Waals surface area contributed by atoms with Crippen LogP contribution in [0.25, 0.3) is 0 Å². The molecular weight excluding hydrogens is 128 g/mol. The quantitative estimate of drug-likeness (QED) is 0.530. The summed E-state index contributed by atoms with van der Waals surface area (Å²) in [4.78, 5) is 10.9. The number of nitrogens with zero attached hydrogens (tertiary/aromatic N) is 1. The second kappa shape index (κ2) is 2.40. The van der Waals surface area contributed by atoms with Crippen LogP contribution >= 0.6 is 0 Å². The Labute approximate surface area is 60.5 Å². The molecule has 0 aromatic heterocycles. The number of rotatable bonds is 0. The van der Waals surface area contributed by atoms with Gasteiger partial charge in [-0.1, -0.05) is 13.8 Å². The molecule has 2 atom stereocenters. The first-order chi connectivity index (χ1) is 4.63. The van der Waals surface area contributed by atoms with E-state index in [2.05, 4.69) is 10.5 Å². The summed E-state index contributed by atoms with van der Waals surface area (Å²) in [5, 5.41) is 3.86. The lowest BCUT2D eigenvalue weighted by Crippen LogP contribution is -2.37. The van der Waals surface area contributed by atoms with Crippen LogP contribution in [0, 0.1) is 11.8 Å². The Morgan fingerprint density at radius 3 is 2.50 bits per heavy atom. The van der Waals surface area contributed by atoms with Gasteiger partial charge in [0.15, 0.2) is 0 Å². The van der Waals surface area contributed by atoms with Crippen molar-refractivity contribution < 1.29 is 4.79 Å². The Morgan fingerprint density at radius 1 is 1.40 bits per heavy atom. The molecule has 0 spiro atoms. The van der Waals surface area contributed by atoms with E-state index in [0.29, 0.717) is 0 Å². The van der Waals surface area contributed by atoms with Crippen molar-refractivity contribution >= 4 is 11.6 Å². The Bertz CT molecular complexity index is 186. The second-order valence-corrected chi connectivity index (χ2v) is 2.81. The molecule has 2 unspecified atom stereocenters. The fourth-order valence-electron chi connectivity index (χ4n) is 0.936. The van der Waals surface area contributed by atoms with Crippen molar-refractivity contribution in [2.45, 2.75) is 20.8 Å². The van der Waals surface area contributed by atoms with Crippen molar-refractivity contribution in [1.29, 1.82) is 0 Å². The van der Waals surface area contributed by atoms with Crippen LogP contribution in [-0.4, -0.2) is 11.6 Å². The zero-order chi connectivity index (χ0) is 7.72. The summed E-state index contributed by atoms with van der Waals surface area (Å²) >= 11 is 0. The van der Waals surface area contributed by atoms with Gasteiger partial charge in [-0.2, -0.15) is 5.10 Å². The van der Waals surface area contributed by atoms with Crippen LogP contribution in [0.5, 0.6) is 0 Å². The summed E-state index contributed by atoms with van der Waals surface area (Å²) in [6.45, 7) is 5.86. The minimum absolute atomic E-state index is 0.0260. The van der Waals surface area contributed by atoms with Gasteiger partial charge in [-0.25, -0.2) is 5.43 Å². The first kappa shape index (κ1) is 7.25. The van der Waals surface area contributed by atoms with Gasteiger partial charge in [0.1, 0.15) is 0 Å². The normalized spacial score (nSPS) is 33.1. The first-order valence-electron chi connectivity index (χ1n) is 3.47. The van der Waals surface area contributed by atoms with E-state index in [1.807, 2.05) is 20.8 Å². The highest BCUT2D eigenvalue weighted by Gasteiger charge is 2.25. The van der Waals surface area contributed by atoms with Crippen LogP contribution in [0.3, 0.4) is 0 Å². The van der Waals surface area contributed by atoms with Gasteiger partial charge >= 0.3 is 0 Å². The van der Waals surface area contributed by atoms with Gasteiger partial charge in [0.25, 0.3) is 0 Å². The van der Waals surface area contributed by atoms with E-state index in [9.17, 15) is 4.79 Å². The van der Waals surface area contributed by atoms with E-state index in [4.69, 9.17) is 0 Å². The van der Waals surface area contributed by atoms with Gasteiger partial charge in [-0.15, -0.1) is 0 Å². The monoisotopic (exact) mass is 140 g/mol. The maximum absolute atomic E-state index is 10.9. The van der Waals surface area contributed by atoms with Crippen LogP contribution in [0.15, 0.2) is 5.10 Å². The third-order valence-electron chi connectivity index (χ3n) is 2.16. The molecule has 1 N–H and O–H groups in total. The van der Waals surface area contributed by atoms with Crippen LogP contribution in [0.4, 0.5) is 0 Å². The number of nitrogens with one attached hydrogen (secondary N) is 1. The summed E-state index contributed by atoms with van der Waals surface area (Å²) in [6, 6.07) is 0. The largest absolute Gasteiger partial charge is 0.273 e. The van der Waals surface area contributed by atoms with Crippen molar-refractivity contribution in [1.82, 2.24) is 5.43 Å². The summed E-state index contributed by atoms with van der Waals surface area (Å²) in [5.74, 6) is 0.379. The minimum atomic E-state index is 0.0260. The average Bonchev–Trinajstić information content (AvgIpc) is 1.93. The highest BCUT2D eigenvalue weighted by molar-refractivity contribution is 5.94. The van der Waals surface area contributed by atoms with Crippen LogP contribution < -0.4 is 5.43 Å². The lowest BCUT2D eigenvalue weighted by Gasteiger charge is -2.22. The maximum Gasteiger partial charge on any atom is 0.243 e. The molecule has 1 aliphatic rings. The molecular formula is C7H12N2O. The molecule has 10 heavy (non-hydrogen) atoms. The molecule has 1 aliphatic heterocycles. The summed E-state index contributed by atoms with van der Waals surface area (Å²) in [7, 11) is 0. The molecule has 1 rings (SSSR count). The molecule has 1 heterocycles. The van der Waals surface area contributed by atoms with Crippen LogP contribution in [-0.2, 0) is 4.79 Å². The molecule has 0 saturated heterocycles. The fourth-order valence-corrected chi connectivity index (χ4v) is 0.936. The van der Waals surface area contributed by atoms with E-state index in [1.54, 1.807) is 0 Å². The molecule has 0 fully saturated rings. The molecule has 0 radical (unpaired) electrons. The van der Waals surface area contributed by atoms with Gasteiger partial charge in [0.05, 0.1) is 0 Å². The summed E-state index contributed by atoms with van der Waals surface area (Å²) < 4.78 is 0. The predicted molar refractivity (Wildman–Crippen MR) is 39.6 cm³/mol. The summed E-state index contributed by atoms with van der Waals surface area (Å²) in [5.41, 5.74) is 3.47. The van der Waals surface area contributed by atoms with Crippen molar-refractivity contribution in [2.24, 2.45) is 16.9 Å².